The van der Waals surface area contributed by atoms with Crippen LogP contribution in [0.3, 0.4) is 0 Å². The Hall–Kier alpha value is -0.620. The summed E-state index contributed by atoms with van der Waals surface area (Å²) in [7, 11) is -3.31. The summed E-state index contributed by atoms with van der Waals surface area (Å²) in [6.45, 7) is 1.16. The number of rotatable bonds is 3. The van der Waals surface area contributed by atoms with Gasteiger partial charge in [0.25, 0.3) is 0 Å². The van der Waals surface area contributed by atoms with Crippen LogP contribution in [0.2, 0.25) is 0 Å². The van der Waals surface area contributed by atoms with Gasteiger partial charge in [0.1, 0.15) is 0 Å². The summed E-state index contributed by atoms with van der Waals surface area (Å²) >= 11 is 7.72. The monoisotopic (exact) mass is 343 g/mol. The van der Waals surface area contributed by atoms with Gasteiger partial charge in [0.15, 0.2) is 0 Å². The van der Waals surface area contributed by atoms with E-state index >= 15 is 0 Å². The molecule has 6 heteroatoms. The number of hydrogen-bond acceptors (Lipinski definition) is 3. The van der Waals surface area contributed by atoms with Crippen LogP contribution in [0.5, 0.6) is 0 Å². The Morgan fingerprint density at radius 1 is 1.29 bits per heavy atom. The van der Waals surface area contributed by atoms with E-state index in [1.54, 1.807) is 21.1 Å². The molecule has 2 heterocycles. The van der Waals surface area contributed by atoms with Crippen LogP contribution in [0.4, 0.5) is 0 Å². The molecule has 3 nitrogen and oxygen atoms in total. The number of nitrogens with zero attached hydrogens (tertiary/aromatic N) is 1. The van der Waals surface area contributed by atoms with Crippen molar-refractivity contribution in [1.29, 1.82) is 0 Å². The molecule has 0 saturated carbocycles. The molecule has 1 fully saturated rings. The molecule has 1 saturated heterocycles. The molecule has 1 aliphatic carbocycles. The van der Waals surface area contributed by atoms with Gasteiger partial charge in [0.2, 0.25) is 10.0 Å². The predicted octanol–water partition coefficient (Wildman–Crippen LogP) is 3.85. The highest BCUT2D eigenvalue weighted by Crippen LogP contribution is 2.36. The van der Waals surface area contributed by atoms with E-state index < -0.39 is 10.0 Å². The Morgan fingerprint density at radius 3 is 2.67 bits per heavy atom. The number of sulfonamides is 1. The van der Waals surface area contributed by atoms with E-state index in [-0.39, 0.29) is 5.92 Å². The van der Waals surface area contributed by atoms with Crippen molar-refractivity contribution >= 4 is 33.0 Å². The first kappa shape index (κ1) is 15.3. The van der Waals surface area contributed by atoms with Crippen LogP contribution in [0.15, 0.2) is 45.0 Å². The zero-order valence-corrected chi connectivity index (χ0v) is 14.0. The fraction of sp³-hybridized carbons (Fsp3) is 0.467. The van der Waals surface area contributed by atoms with Gasteiger partial charge in [-0.25, -0.2) is 8.42 Å². The zero-order valence-electron chi connectivity index (χ0n) is 11.6. The molecule has 0 spiro atoms. The van der Waals surface area contributed by atoms with Gasteiger partial charge in [-0.2, -0.15) is 15.6 Å². The van der Waals surface area contributed by atoms with Crippen molar-refractivity contribution in [3.63, 3.8) is 0 Å². The highest BCUT2D eigenvalue weighted by molar-refractivity contribution is 7.89. The van der Waals surface area contributed by atoms with Crippen LogP contribution in [0, 0.1) is 11.8 Å². The van der Waals surface area contributed by atoms with Crippen molar-refractivity contribution < 1.29 is 8.42 Å². The number of hydrogen-bond donors (Lipinski definition) is 0. The fourth-order valence-corrected chi connectivity index (χ4v) is 5.86. The minimum atomic E-state index is -3.31. The van der Waals surface area contributed by atoms with Crippen molar-refractivity contribution in [2.45, 2.75) is 24.2 Å². The zero-order chi connectivity index (χ0) is 14.9. The first-order chi connectivity index (χ1) is 10.1. The summed E-state index contributed by atoms with van der Waals surface area (Å²) in [4.78, 5) is 0.418. The first-order valence-corrected chi connectivity index (χ1v) is 9.89. The van der Waals surface area contributed by atoms with E-state index in [4.69, 9.17) is 11.6 Å². The SMILES string of the molecule is O=S(=O)(c1ccsc1)N1CCC(C2C=CCC=C2Cl)CC1. The van der Waals surface area contributed by atoms with Crippen LogP contribution in [-0.2, 0) is 10.0 Å². The fourth-order valence-electron chi connectivity index (χ4n) is 3.04. The van der Waals surface area contributed by atoms with Crippen molar-refractivity contribution in [1.82, 2.24) is 4.31 Å². The highest BCUT2D eigenvalue weighted by atomic mass is 35.5. The van der Waals surface area contributed by atoms with Crippen LogP contribution in [-0.4, -0.2) is 25.8 Å². The molecule has 0 N–H and O–H groups in total. The van der Waals surface area contributed by atoms with E-state index in [0.717, 1.165) is 24.3 Å². The van der Waals surface area contributed by atoms with Crippen LogP contribution in [0.1, 0.15) is 19.3 Å². The van der Waals surface area contributed by atoms with Gasteiger partial charge in [0.05, 0.1) is 4.90 Å². The van der Waals surface area contributed by atoms with E-state index in [0.29, 0.717) is 23.9 Å². The second-order valence-electron chi connectivity index (χ2n) is 5.48. The van der Waals surface area contributed by atoms with E-state index in [2.05, 4.69) is 18.2 Å². The molecule has 0 amide bonds. The Bertz CT molecular complexity index is 641. The number of halogens is 1. The molecule has 0 radical (unpaired) electrons. The first-order valence-electron chi connectivity index (χ1n) is 7.13. The van der Waals surface area contributed by atoms with E-state index in [9.17, 15) is 8.42 Å². The quantitative estimate of drug-likeness (QED) is 0.782. The Balaban J connectivity index is 1.67. The van der Waals surface area contributed by atoms with Crippen molar-refractivity contribution in [3.8, 4) is 0 Å². The topological polar surface area (TPSA) is 37.4 Å². The molecular weight excluding hydrogens is 326 g/mol. The summed E-state index contributed by atoms with van der Waals surface area (Å²) in [5, 5.41) is 4.42. The van der Waals surface area contributed by atoms with Crippen LogP contribution in [0.25, 0.3) is 0 Å². The maximum Gasteiger partial charge on any atom is 0.243 e. The minimum Gasteiger partial charge on any atom is -0.207 e. The average molecular weight is 344 g/mol. The smallest absolute Gasteiger partial charge is 0.207 e. The molecule has 0 bridgehead atoms. The molecule has 114 valence electrons. The van der Waals surface area contributed by atoms with Gasteiger partial charge in [-0.1, -0.05) is 29.8 Å². The third kappa shape index (κ3) is 3.11. The number of allylic oxidation sites excluding steroid dienone is 4. The van der Waals surface area contributed by atoms with Crippen molar-refractivity contribution in [2.24, 2.45) is 11.8 Å². The Kier molecular flexibility index (Phi) is 4.54. The summed E-state index contributed by atoms with van der Waals surface area (Å²) in [6, 6.07) is 1.68. The predicted molar refractivity (Wildman–Crippen MR) is 87.0 cm³/mol. The second kappa shape index (κ2) is 6.24. The lowest BCUT2D eigenvalue weighted by Crippen LogP contribution is -2.39. The standard InChI is InChI=1S/C15H18ClNO2S2/c16-15-4-2-1-3-14(15)12-5-8-17(9-6-12)21(18,19)13-7-10-20-11-13/h1,3-4,7,10-12,14H,2,5-6,8-9H2. The van der Waals surface area contributed by atoms with Crippen LogP contribution < -0.4 is 0 Å². The Morgan fingerprint density at radius 2 is 2.05 bits per heavy atom. The molecule has 1 atom stereocenters. The highest BCUT2D eigenvalue weighted by Gasteiger charge is 2.33. The maximum atomic E-state index is 12.5. The van der Waals surface area contributed by atoms with Gasteiger partial charge in [-0.3, -0.25) is 0 Å². The van der Waals surface area contributed by atoms with Gasteiger partial charge < -0.3 is 0 Å². The lowest BCUT2D eigenvalue weighted by molar-refractivity contribution is 0.248. The average Bonchev–Trinajstić information content (AvgIpc) is 3.03. The summed E-state index contributed by atoms with van der Waals surface area (Å²) in [5.41, 5.74) is 0. The van der Waals surface area contributed by atoms with Gasteiger partial charge in [0, 0.05) is 29.4 Å². The molecule has 0 aromatic carbocycles. The molecular formula is C15H18ClNO2S2. The largest absolute Gasteiger partial charge is 0.243 e. The summed E-state index contributed by atoms with van der Waals surface area (Å²) in [6.07, 6.45) is 9.01. The third-order valence-corrected chi connectivity index (χ3v) is 7.38. The molecule has 1 aromatic heterocycles. The van der Waals surface area contributed by atoms with E-state index in [1.807, 2.05) is 0 Å². The lowest BCUT2D eigenvalue weighted by Gasteiger charge is -2.34. The minimum absolute atomic E-state index is 0.270. The lowest BCUT2D eigenvalue weighted by atomic mass is 9.82. The molecule has 1 aliphatic heterocycles. The van der Waals surface area contributed by atoms with Crippen molar-refractivity contribution in [3.05, 3.63) is 40.1 Å². The van der Waals surface area contributed by atoms with Gasteiger partial charge >= 0.3 is 0 Å². The summed E-state index contributed by atoms with van der Waals surface area (Å²) < 4.78 is 26.6. The second-order valence-corrected chi connectivity index (χ2v) is 8.63. The molecule has 1 unspecified atom stereocenters. The number of piperidine rings is 1. The normalized spacial score (nSPS) is 25.0. The molecule has 2 aliphatic rings. The maximum absolute atomic E-state index is 12.5. The summed E-state index contributed by atoms with van der Waals surface area (Å²) in [5.74, 6) is 0.714. The van der Waals surface area contributed by atoms with E-state index in [1.165, 1.54) is 11.3 Å². The van der Waals surface area contributed by atoms with Crippen LogP contribution >= 0.6 is 22.9 Å². The molecule has 21 heavy (non-hydrogen) atoms. The Labute approximate surface area is 135 Å². The molecule has 1 aromatic rings. The van der Waals surface area contributed by atoms with Crippen molar-refractivity contribution in [2.75, 3.05) is 13.1 Å². The molecule has 3 rings (SSSR count). The van der Waals surface area contributed by atoms with Gasteiger partial charge in [-0.05, 0) is 36.6 Å². The number of thiophene rings is 1. The van der Waals surface area contributed by atoms with Gasteiger partial charge in [-0.15, -0.1) is 0 Å². The third-order valence-electron chi connectivity index (χ3n) is 4.25.